The highest BCUT2D eigenvalue weighted by molar-refractivity contribution is 5.85. The summed E-state index contributed by atoms with van der Waals surface area (Å²) in [6, 6.07) is 7.93. The highest BCUT2D eigenvalue weighted by atomic mass is 35.5. The van der Waals surface area contributed by atoms with E-state index in [2.05, 4.69) is 26.0 Å². The molecule has 0 amide bonds. The Morgan fingerprint density at radius 2 is 1.56 bits per heavy atom. The van der Waals surface area contributed by atoms with Crippen molar-refractivity contribution in [2.24, 2.45) is 5.73 Å². The fourth-order valence-electron chi connectivity index (χ4n) is 1.58. The van der Waals surface area contributed by atoms with E-state index in [0.29, 0.717) is 12.3 Å². The second-order valence-electron chi connectivity index (χ2n) is 4.32. The molecule has 1 rings (SSSR count). The van der Waals surface area contributed by atoms with Gasteiger partial charge in [0.15, 0.2) is 0 Å². The summed E-state index contributed by atoms with van der Waals surface area (Å²) >= 11 is 0. The number of hydrogen-bond donors (Lipinski definition) is 2. The monoisotopic (exact) mass is 243 g/mol. The van der Waals surface area contributed by atoms with Crippen LogP contribution in [-0.4, -0.2) is 11.2 Å². The minimum Gasteiger partial charge on any atom is -0.391 e. The molecule has 92 valence electrons. The lowest BCUT2D eigenvalue weighted by atomic mass is 9.96. The third-order valence-corrected chi connectivity index (χ3v) is 2.82. The maximum atomic E-state index is 9.63. The van der Waals surface area contributed by atoms with Crippen LogP contribution in [0.4, 0.5) is 0 Å². The van der Waals surface area contributed by atoms with Gasteiger partial charge in [0.2, 0.25) is 0 Å². The molecule has 0 bridgehead atoms. The van der Waals surface area contributed by atoms with Crippen LogP contribution in [0.1, 0.15) is 50.3 Å². The highest BCUT2D eigenvalue weighted by Gasteiger charge is 2.14. The minimum atomic E-state index is -0.449. The van der Waals surface area contributed by atoms with E-state index >= 15 is 0 Å². The molecule has 0 unspecified atom stereocenters. The molecule has 0 aliphatic carbocycles. The summed E-state index contributed by atoms with van der Waals surface area (Å²) in [5, 5.41) is 9.63. The van der Waals surface area contributed by atoms with Gasteiger partial charge < -0.3 is 10.8 Å². The molecule has 2 atom stereocenters. The van der Waals surface area contributed by atoms with Crippen molar-refractivity contribution in [2.45, 2.75) is 45.3 Å². The number of rotatable bonds is 4. The second kappa shape index (κ2) is 6.89. The molecule has 0 saturated carbocycles. The van der Waals surface area contributed by atoms with Crippen molar-refractivity contribution in [3.63, 3.8) is 0 Å². The van der Waals surface area contributed by atoms with Crippen LogP contribution in [0, 0.1) is 0 Å². The molecular weight excluding hydrogens is 222 g/mol. The number of halogens is 1. The SMILES string of the molecule is CC[C@H](O)[C@H](N)c1ccc(C(C)C)cc1.Cl. The fourth-order valence-corrected chi connectivity index (χ4v) is 1.58. The molecule has 1 aromatic carbocycles. The Hall–Kier alpha value is -0.570. The lowest BCUT2D eigenvalue weighted by Gasteiger charge is -2.18. The molecule has 0 aliphatic rings. The maximum absolute atomic E-state index is 9.63. The first-order chi connectivity index (χ1) is 7.06. The lowest BCUT2D eigenvalue weighted by molar-refractivity contribution is 0.140. The molecule has 0 heterocycles. The second-order valence-corrected chi connectivity index (χ2v) is 4.32. The van der Waals surface area contributed by atoms with E-state index in [1.165, 1.54) is 5.56 Å². The van der Waals surface area contributed by atoms with E-state index < -0.39 is 6.10 Å². The van der Waals surface area contributed by atoms with E-state index in [4.69, 9.17) is 5.73 Å². The Bertz CT molecular complexity index is 297. The van der Waals surface area contributed by atoms with Crippen molar-refractivity contribution < 1.29 is 5.11 Å². The summed E-state index contributed by atoms with van der Waals surface area (Å²) in [5.41, 5.74) is 8.24. The topological polar surface area (TPSA) is 46.2 Å². The van der Waals surface area contributed by atoms with Gasteiger partial charge in [0, 0.05) is 0 Å². The summed E-state index contributed by atoms with van der Waals surface area (Å²) in [6.45, 7) is 6.26. The molecule has 0 fully saturated rings. The summed E-state index contributed by atoms with van der Waals surface area (Å²) in [5.74, 6) is 0.534. The zero-order chi connectivity index (χ0) is 11.4. The molecule has 0 aliphatic heterocycles. The van der Waals surface area contributed by atoms with Gasteiger partial charge in [-0.3, -0.25) is 0 Å². The van der Waals surface area contributed by atoms with Crippen LogP contribution < -0.4 is 5.73 Å². The van der Waals surface area contributed by atoms with Crippen molar-refractivity contribution in [1.29, 1.82) is 0 Å². The molecule has 2 nitrogen and oxygen atoms in total. The zero-order valence-electron chi connectivity index (χ0n) is 10.2. The van der Waals surface area contributed by atoms with Crippen LogP contribution in [0.25, 0.3) is 0 Å². The maximum Gasteiger partial charge on any atom is 0.0730 e. The van der Waals surface area contributed by atoms with Gasteiger partial charge in [-0.05, 0) is 23.5 Å². The number of aliphatic hydroxyl groups excluding tert-OH is 1. The molecule has 0 spiro atoms. The van der Waals surface area contributed by atoms with Gasteiger partial charge in [-0.15, -0.1) is 12.4 Å². The molecule has 0 aromatic heterocycles. The Balaban J connectivity index is 0.00000225. The van der Waals surface area contributed by atoms with E-state index in [1.54, 1.807) is 0 Å². The van der Waals surface area contributed by atoms with Crippen LogP contribution >= 0.6 is 12.4 Å². The minimum absolute atomic E-state index is 0. The summed E-state index contributed by atoms with van der Waals surface area (Å²) in [4.78, 5) is 0. The third kappa shape index (κ3) is 3.78. The number of hydrogen-bond acceptors (Lipinski definition) is 2. The van der Waals surface area contributed by atoms with Crippen molar-refractivity contribution in [1.82, 2.24) is 0 Å². The molecule has 16 heavy (non-hydrogen) atoms. The smallest absolute Gasteiger partial charge is 0.0730 e. The van der Waals surface area contributed by atoms with Crippen molar-refractivity contribution in [3.8, 4) is 0 Å². The number of benzene rings is 1. The van der Waals surface area contributed by atoms with Gasteiger partial charge in [0.25, 0.3) is 0 Å². The van der Waals surface area contributed by atoms with Gasteiger partial charge in [-0.1, -0.05) is 45.0 Å². The Labute approximate surface area is 104 Å². The Kier molecular flexibility index (Phi) is 6.65. The van der Waals surface area contributed by atoms with E-state index in [9.17, 15) is 5.11 Å². The van der Waals surface area contributed by atoms with Crippen LogP contribution in [0.15, 0.2) is 24.3 Å². The van der Waals surface area contributed by atoms with Crippen LogP contribution in [0.5, 0.6) is 0 Å². The van der Waals surface area contributed by atoms with Crippen LogP contribution in [-0.2, 0) is 0 Å². The standard InChI is InChI=1S/C13H21NO.ClH/c1-4-12(15)13(14)11-7-5-10(6-8-11)9(2)3;/h5-9,12-13,15H,4,14H2,1-3H3;1H/t12-,13+;/m0./s1. The average Bonchev–Trinajstić information content (AvgIpc) is 2.27. The van der Waals surface area contributed by atoms with E-state index in [0.717, 1.165) is 5.56 Å². The number of nitrogens with two attached hydrogens (primary N) is 1. The third-order valence-electron chi connectivity index (χ3n) is 2.82. The summed E-state index contributed by atoms with van der Waals surface area (Å²) in [7, 11) is 0. The molecule has 1 aromatic rings. The first kappa shape index (κ1) is 15.4. The van der Waals surface area contributed by atoms with Gasteiger partial charge in [0.05, 0.1) is 12.1 Å². The van der Waals surface area contributed by atoms with Crippen LogP contribution in [0.2, 0.25) is 0 Å². The van der Waals surface area contributed by atoms with Gasteiger partial charge in [0.1, 0.15) is 0 Å². The molecule has 3 heteroatoms. The zero-order valence-corrected chi connectivity index (χ0v) is 11.0. The quantitative estimate of drug-likeness (QED) is 0.854. The van der Waals surface area contributed by atoms with E-state index in [-0.39, 0.29) is 18.4 Å². The average molecular weight is 244 g/mol. The Morgan fingerprint density at radius 1 is 1.12 bits per heavy atom. The molecule has 0 radical (unpaired) electrons. The lowest BCUT2D eigenvalue weighted by Crippen LogP contribution is -2.25. The first-order valence-corrected chi connectivity index (χ1v) is 5.59. The first-order valence-electron chi connectivity index (χ1n) is 5.59. The normalized spacial score (nSPS) is 14.4. The molecular formula is C13H22ClNO. The Morgan fingerprint density at radius 3 is 1.94 bits per heavy atom. The van der Waals surface area contributed by atoms with Crippen molar-refractivity contribution in [3.05, 3.63) is 35.4 Å². The molecule has 0 saturated heterocycles. The van der Waals surface area contributed by atoms with Gasteiger partial charge in [-0.2, -0.15) is 0 Å². The summed E-state index contributed by atoms with van der Waals surface area (Å²) < 4.78 is 0. The largest absolute Gasteiger partial charge is 0.391 e. The number of aliphatic hydroxyl groups is 1. The molecule has 3 N–H and O–H groups in total. The fraction of sp³-hybridized carbons (Fsp3) is 0.538. The van der Waals surface area contributed by atoms with Crippen molar-refractivity contribution >= 4 is 12.4 Å². The van der Waals surface area contributed by atoms with Gasteiger partial charge in [-0.25, -0.2) is 0 Å². The van der Waals surface area contributed by atoms with Gasteiger partial charge >= 0.3 is 0 Å². The summed E-state index contributed by atoms with van der Waals surface area (Å²) in [6.07, 6.45) is 0.238. The van der Waals surface area contributed by atoms with E-state index in [1.807, 2.05) is 19.1 Å². The highest BCUT2D eigenvalue weighted by Crippen LogP contribution is 2.20. The van der Waals surface area contributed by atoms with Crippen LogP contribution in [0.3, 0.4) is 0 Å². The van der Waals surface area contributed by atoms with Crippen molar-refractivity contribution in [2.75, 3.05) is 0 Å². The predicted octanol–water partition coefficient (Wildman–Crippen LogP) is 3.00. The predicted molar refractivity (Wildman–Crippen MR) is 71.0 cm³/mol.